The number of pyridine rings is 1. The minimum Gasteiger partial charge on any atom is -0.352 e. The molecule has 2 N–H and O–H groups in total. The van der Waals surface area contributed by atoms with Gasteiger partial charge in [0.05, 0.1) is 0 Å². The molecule has 1 heterocycles. The lowest BCUT2D eigenvalue weighted by molar-refractivity contribution is 0.0948. The Morgan fingerprint density at radius 3 is 2.19 bits per heavy atom. The maximum Gasteiger partial charge on any atom is 0.257 e. The number of carbonyl (C=O) groups excluding carboxylic acids is 2. The van der Waals surface area contributed by atoms with Gasteiger partial charge in [0, 0.05) is 31.5 Å². The lowest BCUT2D eigenvalue weighted by Crippen LogP contribution is -2.35. The number of nitrogens with zero attached hydrogens (tertiary/aromatic N) is 1. The molecule has 6 nitrogen and oxygen atoms in total. The monoisotopic (exact) mass is 367 g/mol. The van der Waals surface area contributed by atoms with Gasteiger partial charge in [0.2, 0.25) is 5.43 Å². The number of aromatic nitrogens is 1. The molecule has 0 bridgehead atoms. The van der Waals surface area contributed by atoms with Crippen molar-refractivity contribution < 1.29 is 9.59 Å². The number of amides is 2. The standard InChI is InChI=1S/C21H25N3O3/c1-2-22-20(26)17-13-24(16-10-6-7-11-16)14-18(19(17)25)21(27)23-12-15-8-4-3-5-9-15/h3-5,8-9,13-14,16H,2,6-7,10-12H2,1H3,(H,22,26)(H,23,27). The van der Waals surface area contributed by atoms with Gasteiger partial charge in [-0.1, -0.05) is 43.2 Å². The zero-order valence-corrected chi connectivity index (χ0v) is 15.5. The van der Waals surface area contributed by atoms with Crippen LogP contribution >= 0.6 is 0 Å². The summed E-state index contributed by atoms with van der Waals surface area (Å²) in [4.78, 5) is 37.8. The molecule has 3 rings (SSSR count). The van der Waals surface area contributed by atoms with Gasteiger partial charge in [-0.2, -0.15) is 0 Å². The molecule has 1 aromatic heterocycles. The van der Waals surface area contributed by atoms with E-state index in [1.807, 2.05) is 34.9 Å². The van der Waals surface area contributed by atoms with Crippen molar-refractivity contribution >= 4 is 11.8 Å². The third-order valence-corrected chi connectivity index (χ3v) is 4.91. The van der Waals surface area contributed by atoms with E-state index in [4.69, 9.17) is 0 Å². The van der Waals surface area contributed by atoms with E-state index in [0.29, 0.717) is 13.1 Å². The van der Waals surface area contributed by atoms with Gasteiger partial charge in [0.15, 0.2) is 0 Å². The fourth-order valence-electron chi connectivity index (χ4n) is 3.46. The lowest BCUT2D eigenvalue weighted by atomic mass is 10.1. The Morgan fingerprint density at radius 2 is 1.59 bits per heavy atom. The third kappa shape index (κ3) is 4.45. The number of carbonyl (C=O) groups is 2. The molecule has 0 saturated heterocycles. The van der Waals surface area contributed by atoms with Crippen LogP contribution in [0.25, 0.3) is 0 Å². The molecular formula is C21H25N3O3. The van der Waals surface area contributed by atoms with Crippen molar-refractivity contribution in [2.45, 2.75) is 45.2 Å². The van der Waals surface area contributed by atoms with E-state index in [-0.39, 0.29) is 17.2 Å². The highest BCUT2D eigenvalue weighted by molar-refractivity contribution is 5.99. The Bertz CT molecular complexity index is 868. The fourth-order valence-corrected chi connectivity index (χ4v) is 3.46. The molecule has 142 valence electrons. The molecule has 1 aromatic carbocycles. The first-order chi connectivity index (χ1) is 13.1. The lowest BCUT2D eigenvalue weighted by Gasteiger charge is -2.17. The van der Waals surface area contributed by atoms with Crippen LogP contribution in [-0.2, 0) is 6.54 Å². The van der Waals surface area contributed by atoms with Gasteiger partial charge in [0.25, 0.3) is 11.8 Å². The Hall–Kier alpha value is -2.89. The summed E-state index contributed by atoms with van der Waals surface area (Å²) in [6.45, 7) is 2.55. The van der Waals surface area contributed by atoms with Crippen molar-refractivity contribution in [1.82, 2.24) is 15.2 Å². The van der Waals surface area contributed by atoms with Crippen molar-refractivity contribution in [2.75, 3.05) is 6.54 Å². The highest BCUT2D eigenvalue weighted by Crippen LogP contribution is 2.29. The number of hydrogen-bond donors (Lipinski definition) is 2. The van der Waals surface area contributed by atoms with Crippen LogP contribution in [0.3, 0.4) is 0 Å². The normalized spacial score (nSPS) is 14.1. The van der Waals surface area contributed by atoms with E-state index in [1.165, 1.54) is 0 Å². The average molecular weight is 367 g/mol. The molecule has 0 aliphatic heterocycles. The molecule has 27 heavy (non-hydrogen) atoms. The highest BCUT2D eigenvalue weighted by atomic mass is 16.2. The van der Waals surface area contributed by atoms with Crippen molar-refractivity contribution in [3.05, 3.63) is 69.6 Å². The Morgan fingerprint density at radius 1 is 1.00 bits per heavy atom. The highest BCUT2D eigenvalue weighted by Gasteiger charge is 2.23. The number of nitrogens with one attached hydrogen (secondary N) is 2. The molecule has 0 unspecified atom stereocenters. The van der Waals surface area contributed by atoms with Crippen molar-refractivity contribution in [3.63, 3.8) is 0 Å². The van der Waals surface area contributed by atoms with Crippen LogP contribution in [0.5, 0.6) is 0 Å². The second-order valence-electron chi connectivity index (χ2n) is 6.83. The zero-order valence-electron chi connectivity index (χ0n) is 15.5. The second kappa shape index (κ2) is 8.66. The summed E-state index contributed by atoms with van der Waals surface area (Å²) in [5.74, 6) is -0.895. The molecular weight excluding hydrogens is 342 g/mol. The predicted molar refractivity (Wildman–Crippen MR) is 104 cm³/mol. The molecule has 1 aliphatic carbocycles. The topological polar surface area (TPSA) is 80.2 Å². The number of rotatable bonds is 6. The summed E-state index contributed by atoms with van der Waals surface area (Å²) < 4.78 is 1.87. The Labute approximate surface area is 158 Å². The van der Waals surface area contributed by atoms with E-state index in [2.05, 4.69) is 10.6 Å². The van der Waals surface area contributed by atoms with Crippen LogP contribution in [0.4, 0.5) is 0 Å². The van der Waals surface area contributed by atoms with Crippen molar-refractivity contribution in [1.29, 1.82) is 0 Å². The van der Waals surface area contributed by atoms with E-state index in [9.17, 15) is 14.4 Å². The molecule has 6 heteroatoms. The predicted octanol–water partition coefficient (Wildman–Crippen LogP) is 2.64. The van der Waals surface area contributed by atoms with E-state index in [1.54, 1.807) is 19.3 Å². The first-order valence-electron chi connectivity index (χ1n) is 9.46. The summed E-state index contributed by atoms with van der Waals surface area (Å²) >= 11 is 0. The van der Waals surface area contributed by atoms with Crippen LogP contribution in [0.2, 0.25) is 0 Å². The van der Waals surface area contributed by atoms with Crippen LogP contribution in [-0.4, -0.2) is 22.9 Å². The van der Waals surface area contributed by atoms with Gasteiger partial charge >= 0.3 is 0 Å². The molecule has 0 radical (unpaired) electrons. The van der Waals surface area contributed by atoms with Gasteiger partial charge in [-0.05, 0) is 25.3 Å². The minimum absolute atomic E-state index is 0.0154. The summed E-state index contributed by atoms with van der Waals surface area (Å²) in [5, 5.41) is 5.45. The summed E-state index contributed by atoms with van der Waals surface area (Å²) in [6, 6.07) is 9.72. The quantitative estimate of drug-likeness (QED) is 0.824. The molecule has 1 aliphatic rings. The molecule has 2 amide bonds. The van der Waals surface area contributed by atoms with Crippen molar-refractivity contribution in [3.8, 4) is 0 Å². The molecule has 1 fully saturated rings. The van der Waals surface area contributed by atoms with E-state index in [0.717, 1.165) is 31.2 Å². The maximum absolute atomic E-state index is 12.8. The van der Waals surface area contributed by atoms with Crippen LogP contribution < -0.4 is 16.1 Å². The fraction of sp³-hybridized carbons (Fsp3) is 0.381. The summed E-state index contributed by atoms with van der Waals surface area (Å²) in [5.41, 5.74) is 0.459. The van der Waals surface area contributed by atoms with Gasteiger partial charge in [0.1, 0.15) is 11.1 Å². The zero-order chi connectivity index (χ0) is 19.2. The molecule has 0 atom stereocenters. The average Bonchev–Trinajstić information content (AvgIpc) is 3.22. The molecule has 1 saturated carbocycles. The van der Waals surface area contributed by atoms with E-state index >= 15 is 0 Å². The Kier molecular flexibility index (Phi) is 6.06. The van der Waals surface area contributed by atoms with Crippen LogP contribution in [0, 0.1) is 0 Å². The third-order valence-electron chi connectivity index (χ3n) is 4.91. The van der Waals surface area contributed by atoms with Gasteiger partial charge in [-0.25, -0.2) is 0 Å². The summed E-state index contributed by atoms with van der Waals surface area (Å²) in [6.07, 6.45) is 7.40. The number of hydrogen-bond acceptors (Lipinski definition) is 3. The van der Waals surface area contributed by atoms with E-state index < -0.39 is 17.2 Å². The van der Waals surface area contributed by atoms with Gasteiger partial charge < -0.3 is 15.2 Å². The van der Waals surface area contributed by atoms with Crippen molar-refractivity contribution in [2.24, 2.45) is 0 Å². The number of benzene rings is 1. The molecule has 2 aromatic rings. The van der Waals surface area contributed by atoms with Gasteiger partial charge in [-0.15, -0.1) is 0 Å². The second-order valence-corrected chi connectivity index (χ2v) is 6.83. The first kappa shape index (κ1) is 18.9. The smallest absolute Gasteiger partial charge is 0.257 e. The SMILES string of the molecule is CCNC(=O)c1cn(C2CCCC2)cc(C(=O)NCc2ccccc2)c1=O. The molecule has 0 spiro atoms. The van der Waals surface area contributed by atoms with Crippen LogP contribution in [0.15, 0.2) is 47.5 Å². The first-order valence-corrected chi connectivity index (χ1v) is 9.46. The summed E-state index contributed by atoms with van der Waals surface area (Å²) in [7, 11) is 0. The van der Waals surface area contributed by atoms with Crippen LogP contribution in [0.1, 0.15) is 64.9 Å². The minimum atomic E-state index is -0.527. The largest absolute Gasteiger partial charge is 0.352 e. The van der Waals surface area contributed by atoms with Gasteiger partial charge in [-0.3, -0.25) is 14.4 Å². The maximum atomic E-state index is 12.8. The Balaban J connectivity index is 1.90.